The second-order valence-electron chi connectivity index (χ2n) is 5.66. The van der Waals surface area contributed by atoms with Crippen molar-refractivity contribution in [3.63, 3.8) is 0 Å². The highest BCUT2D eigenvalue weighted by atomic mass is 16.3. The topological polar surface area (TPSA) is 52.6 Å². The molecule has 0 radical (unpaired) electrons. The maximum absolute atomic E-state index is 12.1. The van der Waals surface area contributed by atoms with E-state index in [4.69, 9.17) is 0 Å². The molecule has 2 aromatic rings. The predicted octanol–water partition coefficient (Wildman–Crippen LogP) is 2.65. The van der Waals surface area contributed by atoms with E-state index >= 15 is 0 Å². The Morgan fingerprint density at radius 3 is 2.64 bits per heavy atom. The van der Waals surface area contributed by atoms with Crippen LogP contribution in [-0.4, -0.2) is 30.6 Å². The maximum Gasteiger partial charge on any atom is 0.255 e. The molecule has 1 unspecified atom stereocenters. The van der Waals surface area contributed by atoms with Crippen molar-refractivity contribution < 1.29 is 9.90 Å². The lowest BCUT2D eigenvalue weighted by atomic mass is 10.1. The summed E-state index contributed by atoms with van der Waals surface area (Å²) in [5.41, 5.74) is 1.57. The highest BCUT2D eigenvalue weighted by molar-refractivity contribution is 5.96. The third-order valence-electron chi connectivity index (χ3n) is 4.11. The van der Waals surface area contributed by atoms with Gasteiger partial charge in [-0.15, -0.1) is 0 Å². The lowest BCUT2D eigenvalue weighted by Crippen LogP contribution is -2.31. The van der Waals surface area contributed by atoms with Gasteiger partial charge in [0.2, 0.25) is 0 Å². The molecule has 1 saturated heterocycles. The van der Waals surface area contributed by atoms with Crippen LogP contribution in [0, 0.1) is 5.92 Å². The fraction of sp³-hybridized carbons (Fsp3) is 0.278. The molecule has 1 amide bonds. The zero-order chi connectivity index (χ0) is 15.4. The number of nitrogens with one attached hydrogen (secondary N) is 1. The molecule has 0 bridgehead atoms. The number of phenols is 1. The van der Waals surface area contributed by atoms with E-state index in [9.17, 15) is 9.90 Å². The molecule has 1 aliphatic heterocycles. The van der Waals surface area contributed by atoms with Crippen LogP contribution in [0.4, 0.5) is 5.69 Å². The van der Waals surface area contributed by atoms with Gasteiger partial charge in [0, 0.05) is 25.3 Å². The normalized spacial score (nSPS) is 17.5. The van der Waals surface area contributed by atoms with Crippen molar-refractivity contribution >= 4 is 11.6 Å². The minimum atomic E-state index is -0.212. The molecule has 1 fully saturated rings. The molecule has 0 aromatic heterocycles. The molecule has 4 heteroatoms. The average Bonchev–Trinajstić information content (AvgIpc) is 3.03. The molecule has 0 aliphatic carbocycles. The third-order valence-corrected chi connectivity index (χ3v) is 4.11. The summed E-state index contributed by atoms with van der Waals surface area (Å²) in [6.07, 6.45) is 1.07. The van der Waals surface area contributed by atoms with Crippen molar-refractivity contribution in [2.45, 2.75) is 6.42 Å². The van der Waals surface area contributed by atoms with Crippen molar-refractivity contribution in [3.8, 4) is 5.75 Å². The van der Waals surface area contributed by atoms with Gasteiger partial charge in [-0.2, -0.15) is 0 Å². The molecular weight excluding hydrogens is 276 g/mol. The van der Waals surface area contributed by atoms with E-state index in [0.29, 0.717) is 18.0 Å². The minimum Gasteiger partial charge on any atom is -0.507 e. The molecule has 1 heterocycles. The highest BCUT2D eigenvalue weighted by Gasteiger charge is 2.23. The predicted molar refractivity (Wildman–Crippen MR) is 87.2 cm³/mol. The molecule has 4 nitrogen and oxygen atoms in total. The number of benzene rings is 2. The van der Waals surface area contributed by atoms with Gasteiger partial charge in [0.05, 0.1) is 5.56 Å². The molecule has 0 saturated carbocycles. The van der Waals surface area contributed by atoms with E-state index in [-0.39, 0.29) is 11.7 Å². The molecule has 3 rings (SSSR count). The van der Waals surface area contributed by atoms with E-state index in [2.05, 4.69) is 22.3 Å². The first-order valence-corrected chi connectivity index (χ1v) is 7.60. The Morgan fingerprint density at radius 2 is 1.86 bits per heavy atom. The highest BCUT2D eigenvalue weighted by Crippen LogP contribution is 2.23. The Bertz CT molecular complexity index is 643. The first kappa shape index (κ1) is 14.4. The van der Waals surface area contributed by atoms with Gasteiger partial charge in [0.1, 0.15) is 5.75 Å². The maximum atomic E-state index is 12.1. The largest absolute Gasteiger partial charge is 0.507 e. The van der Waals surface area contributed by atoms with Crippen LogP contribution in [0.2, 0.25) is 0 Å². The van der Waals surface area contributed by atoms with E-state index in [1.807, 2.05) is 18.2 Å². The summed E-state index contributed by atoms with van der Waals surface area (Å²) in [7, 11) is 0. The zero-order valence-corrected chi connectivity index (χ0v) is 12.4. The van der Waals surface area contributed by atoms with Crippen molar-refractivity contribution in [1.82, 2.24) is 5.32 Å². The smallest absolute Gasteiger partial charge is 0.255 e. The Labute approximate surface area is 130 Å². The number of anilines is 1. The first-order chi connectivity index (χ1) is 10.7. The van der Waals surface area contributed by atoms with Crippen LogP contribution in [0.1, 0.15) is 16.8 Å². The Morgan fingerprint density at radius 1 is 1.14 bits per heavy atom. The van der Waals surface area contributed by atoms with Gasteiger partial charge >= 0.3 is 0 Å². The number of rotatable bonds is 4. The van der Waals surface area contributed by atoms with E-state index < -0.39 is 0 Å². The molecular formula is C18H20N2O2. The van der Waals surface area contributed by atoms with Crippen LogP contribution >= 0.6 is 0 Å². The monoisotopic (exact) mass is 296 g/mol. The van der Waals surface area contributed by atoms with Gasteiger partial charge in [-0.25, -0.2) is 0 Å². The summed E-state index contributed by atoms with van der Waals surface area (Å²) in [5.74, 6) is 0.253. The Kier molecular flexibility index (Phi) is 4.28. The zero-order valence-electron chi connectivity index (χ0n) is 12.4. The molecule has 0 spiro atoms. The van der Waals surface area contributed by atoms with Crippen LogP contribution in [0.5, 0.6) is 5.75 Å². The Balaban J connectivity index is 1.53. The van der Waals surface area contributed by atoms with Crippen molar-refractivity contribution in [2.75, 3.05) is 24.5 Å². The van der Waals surface area contributed by atoms with E-state index in [1.54, 1.807) is 18.2 Å². The van der Waals surface area contributed by atoms with Crippen molar-refractivity contribution in [1.29, 1.82) is 0 Å². The van der Waals surface area contributed by atoms with Crippen LogP contribution < -0.4 is 10.2 Å². The number of hydrogen-bond donors (Lipinski definition) is 2. The number of amides is 1. The van der Waals surface area contributed by atoms with E-state index in [0.717, 1.165) is 19.5 Å². The summed E-state index contributed by atoms with van der Waals surface area (Å²) >= 11 is 0. The number of nitrogens with zero attached hydrogens (tertiary/aromatic N) is 1. The molecule has 22 heavy (non-hydrogen) atoms. The summed E-state index contributed by atoms with van der Waals surface area (Å²) in [6.45, 7) is 2.60. The van der Waals surface area contributed by atoms with Gasteiger partial charge in [-0.05, 0) is 36.6 Å². The molecule has 2 aromatic carbocycles. The van der Waals surface area contributed by atoms with Crippen LogP contribution in [0.15, 0.2) is 54.6 Å². The number of aromatic hydroxyl groups is 1. The third kappa shape index (κ3) is 3.22. The van der Waals surface area contributed by atoms with Gasteiger partial charge in [0.25, 0.3) is 5.91 Å². The quantitative estimate of drug-likeness (QED) is 0.912. The summed E-state index contributed by atoms with van der Waals surface area (Å²) in [4.78, 5) is 14.4. The number of phenolic OH excluding ortho intramolecular Hbond substituents is 1. The lowest BCUT2D eigenvalue weighted by molar-refractivity contribution is 0.0945. The number of carbonyl (C=O) groups is 1. The molecule has 1 atom stereocenters. The number of para-hydroxylation sites is 2. The van der Waals surface area contributed by atoms with Crippen LogP contribution in [-0.2, 0) is 0 Å². The number of carbonyl (C=O) groups excluding carboxylic acids is 1. The minimum absolute atomic E-state index is 0.0253. The summed E-state index contributed by atoms with van der Waals surface area (Å²) in [6, 6.07) is 17.0. The second-order valence-corrected chi connectivity index (χ2v) is 5.66. The molecule has 114 valence electrons. The van der Waals surface area contributed by atoms with Gasteiger partial charge in [-0.3, -0.25) is 4.79 Å². The van der Waals surface area contributed by atoms with Crippen molar-refractivity contribution in [2.24, 2.45) is 5.92 Å². The number of hydrogen-bond acceptors (Lipinski definition) is 3. The fourth-order valence-corrected chi connectivity index (χ4v) is 2.87. The second kappa shape index (κ2) is 6.52. The standard InChI is InChI=1S/C18H20N2O2/c21-17-9-5-4-8-16(17)18(22)19-12-14-10-11-20(13-14)15-6-2-1-3-7-15/h1-9,14,21H,10-13H2,(H,19,22). The first-order valence-electron chi connectivity index (χ1n) is 7.60. The average molecular weight is 296 g/mol. The van der Waals surface area contributed by atoms with Gasteiger partial charge in [0.15, 0.2) is 0 Å². The lowest BCUT2D eigenvalue weighted by Gasteiger charge is -2.18. The Hall–Kier alpha value is -2.49. The molecule has 2 N–H and O–H groups in total. The van der Waals surface area contributed by atoms with Crippen molar-refractivity contribution in [3.05, 3.63) is 60.2 Å². The van der Waals surface area contributed by atoms with Gasteiger partial charge < -0.3 is 15.3 Å². The van der Waals surface area contributed by atoms with Gasteiger partial charge in [-0.1, -0.05) is 30.3 Å². The van der Waals surface area contributed by atoms with E-state index in [1.165, 1.54) is 11.8 Å². The summed E-state index contributed by atoms with van der Waals surface area (Å²) < 4.78 is 0. The molecule has 1 aliphatic rings. The summed E-state index contributed by atoms with van der Waals surface area (Å²) in [5, 5.41) is 12.6. The SMILES string of the molecule is O=C(NCC1CCN(c2ccccc2)C1)c1ccccc1O. The van der Waals surface area contributed by atoms with Crippen LogP contribution in [0.3, 0.4) is 0 Å². The fourth-order valence-electron chi connectivity index (χ4n) is 2.87. The van der Waals surface area contributed by atoms with Crippen LogP contribution in [0.25, 0.3) is 0 Å².